The minimum absolute atomic E-state index is 0. The summed E-state index contributed by atoms with van der Waals surface area (Å²) in [7, 11) is 3.77. The van der Waals surface area contributed by atoms with Crippen molar-refractivity contribution in [2.24, 2.45) is 0 Å². The molecule has 0 spiro atoms. The van der Waals surface area contributed by atoms with E-state index in [9.17, 15) is 19.8 Å². The van der Waals surface area contributed by atoms with Crippen LogP contribution in [0.1, 0.15) is 45.7 Å². The Bertz CT molecular complexity index is 1160. The largest absolute Gasteiger partial charge is 3.00 e. The smallest absolute Gasteiger partial charge is 0.872 e. The number of hydrogen-bond acceptors (Lipinski definition) is 15. The second-order valence-corrected chi connectivity index (χ2v) is 9.67. The van der Waals surface area contributed by atoms with E-state index in [2.05, 4.69) is 31.9 Å². The number of rotatable bonds is 9. The van der Waals surface area contributed by atoms with E-state index in [-0.39, 0.29) is 82.0 Å². The summed E-state index contributed by atoms with van der Waals surface area (Å²) in [5.41, 5.74) is 1.37. The quantitative estimate of drug-likeness (QED) is 0.148. The van der Waals surface area contributed by atoms with Gasteiger partial charge in [0, 0.05) is 59.1 Å². The predicted octanol–water partition coefficient (Wildman–Crippen LogP) is 1.35. The molecular weight excluding hydrogens is 933 g/mol. The third-order valence-corrected chi connectivity index (χ3v) is 5.23. The van der Waals surface area contributed by atoms with Crippen molar-refractivity contribution in [3.05, 3.63) is 86.1 Å². The zero-order chi connectivity index (χ0) is 34.3. The first-order valence-corrected chi connectivity index (χ1v) is 12.8. The number of carboxylic acid groups (broad SMARTS) is 1. The third-order valence-electron chi connectivity index (χ3n) is 4.32. The van der Waals surface area contributed by atoms with Gasteiger partial charge in [-0.3, -0.25) is 9.59 Å². The van der Waals surface area contributed by atoms with Crippen LogP contribution in [0.3, 0.4) is 0 Å². The first-order chi connectivity index (χ1) is 19.9. The Morgan fingerprint density at radius 1 is 0.844 bits per heavy atom. The van der Waals surface area contributed by atoms with Gasteiger partial charge in [0.25, 0.3) is 0 Å². The van der Waals surface area contributed by atoms with Crippen LogP contribution in [0.4, 0.5) is 0 Å². The van der Waals surface area contributed by atoms with Crippen LogP contribution in [0, 0.1) is 81.9 Å². The predicted molar refractivity (Wildman–Crippen MR) is 153 cm³/mol. The fourth-order valence-electron chi connectivity index (χ4n) is 2.84. The molecular formula is C24H26Br2GdN5O12Zn. The van der Waals surface area contributed by atoms with Gasteiger partial charge in [-0.05, 0) is 56.4 Å². The van der Waals surface area contributed by atoms with Crippen molar-refractivity contribution in [2.75, 3.05) is 27.2 Å². The maximum absolute atomic E-state index is 12.2. The minimum atomic E-state index is -1.75. The summed E-state index contributed by atoms with van der Waals surface area (Å²) in [5, 5.41) is 70.2. The van der Waals surface area contributed by atoms with E-state index >= 15 is 0 Å². The molecule has 0 saturated carbocycles. The summed E-state index contributed by atoms with van der Waals surface area (Å²) in [6, 6.07) is 8.22. The topological polar surface area (TPSA) is 283 Å². The van der Waals surface area contributed by atoms with Gasteiger partial charge < -0.3 is 60.6 Å². The van der Waals surface area contributed by atoms with Crippen molar-refractivity contribution in [2.45, 2.75) is 26.9 Å². The normalized spacial score (nSPS) is 8.78. The Kier molecular flexibility index (Phi) is 35.0. The van der Waals surface area contributed by atoms with Crippen LogP contribution >= 0.6 is 31.9 Å². The van der Waals surface area contributed by atoms with Crippen LogP contribution in [0.2, 0.25) is 0 Å². The molecule has 2 rings (SSSR count). The second-order valence-electron chi connectivity index (χ2n) is 7.84. The second kappa shape index (κ2) is 30.2. The van der Waals surface area contributed by atoms with Crippen LogP contribution in [0.5, 0.6) is 11.5 Å². The van der Waals surface area contributed by atoms with Crippen LogP contribution in [-0.4, -0.2) is 65.7 Å². The molecule has 0 N–H and O–H groups in total. The van der Waals surface area contributed by atoms with Gasteiger partial charge in [0.1, 0.15) is 12.6 Å². The molecule has 0 fully saturated rings. The van der Waals surface area contributed by atoms with Gasteiger partial charge >= 0.3 is 59.4 Å². The van der Waals surface area contributed by atoms with Crippen LogP contribution < -0.4 is 15.3 Å². The summed E-state index contributed by atoms with van der Waals surface area (Å²) in [5.74, 6) is -1.60. The Labute approximate surface area is 319 Å². The maximum Gasteiger partial charge on any atom is 3.00 e. The number of benzene rings is 2. The summed E-state index contributed by atoms with van der Waals surface area (Å²) in [6.07, 6.45) is 1.13. The van der Waals surface area contributed by atoms with Crippen molar-refractivity contribution in [1.82, 2.24) is 9.80 Å². The van der Waals surface area contributed by atoms with Crippen molar-refractivity contribution in [1.29, 1.82) is 5.26 Å². The van der Waals surface area contributed by atoms with Crippen molar-refractivity contribution >= 4 is 50.4 Å². The van der Waals surface area contributed by atoms with Gasteiger partial charge in [0.05, 0.1) is 16.2 Å². The fourth-order valence-corrected chi connectivity index (χ4v) is 3.88. The van der Waals surface area contributed by atoms with Gasteiger partial charge in [-0.2, -0.15) is 5.26 Å². The summed E-state index contributed by atoms with van der Waals surface area (Å²) in [4.78, 5) is 51.4. The molecule has 0 aliphatic rings. The molecule has 0 aliphatic heterocycles. The number of aldehydes is 2. The molecule has 243 valence electrons. The van der Waals surface area contributed by atoms with Gasteiger partial charge in [-0.1, -0.05) is 43.4 Å². The molecule has 2 aromatic rings. The standard InChI is InChI=1S/C20H22Br2N2O4.C2H3N.C2H4O2.Gd.2NO3.Zn/c1-23(9-13-5-17(21)7-15(11-25)19(13)27)3-4-24(2)10-14-6-18(22)8-16(12-26)20(14)28;1-2-3;1-2(3)4;;2*2-1(3)4;/h5-8,11-12,27-28H,3-4,9-10H2,1-2H3;1H3;1H3,(H,3,4);;;;/q;;;+3;2*-1;+2/p-3. The van der Waals surface area contributed by atoms with Crippen molar-refractivity contribution in [3.8, 4) is 17.6 Å². The monoisotopic (exact) mass is 956 g/mol. The van der Waals surface area contributed by atoms with E-state index in [1.807, 2.05) is 23.9 Å². The van der Waals surface area contributed by atoms with E-state index in [0.717, 1.165) is 6.92 Å². The van der Waals surface area contributed by atoms with Gasteiger partial charge in [0.2, 0.25) is 0 Å². The Balaban J connectivity index is -0.000000263. The zero-order valence-corrected chi connectivity index (χ0v) is 32.7. The van der Waals surface area contributed by atoms with Crippen LogP contribution in [-0.2, 0) is 37.4 Å². The van der Waals surface area contributed by atoms with E-state index in [1.165, 1.54) is 19.1 Å². The molecule has 0 unspecified atom stereocenters. The Morgan fingerprint density at radius 2 is 1.07 bits per heavy atom. The first kappa shape index (κ1) is 52.1. The van der Waals surface area contributed by atoms with Crippen molar-refractivity contribution < 1.29 is 99.3 Å². The number of carbonyl (C=O) groups excluding carboxylic acids is 3. The maximum atomic E-state index is 12.2. The minimum Gasteiger partial charge on any atom is -0.872 e. The van der Waals surface area contributed by atoms with Crippen LogP contribution in [0.15, 0.2) is 33.2 Å². The van der Waals surface area contributed by atoms with E-state index < -0.39 is 16.1 Å². The first-order valence-electron chi connectivity index (χ1n) is 11.2. The van der Waals surface area contributed by atoms with Crippen molar-refractivity contribution in [3.63, 3.8) is 0 Å². The molecule has 2 aromatic carbocycles. The van der Waals surface area contributed by atoms with Gasteiger partial charge in [-0.15, -0.1) is 0 Å². The Morgan fingerprint density at radius 3 is 1.27 bits per heavy atom. The number of hydrogen-bond donors (Lipinski definition) is 0. The summed E-state index contributed by atoms with van der Waals surface area (Å²) in [6.45, 7) is 4.53. The number of nitriles is 1. The van der Waals surface area contributed by atoms with E-state index in [0.29, 0.717) is 58.8 Å². The Hall–Kier alpha value is -2.43. The molecule has 0 aliphatic carbocycles. The molecule has 0 aromatic heterocycles. The average molecular weight is 959 g/mol. The van der Waals surface area contributed by atoms with Crippen LogP contribution in [0.25, 0.3) is 0 Å². The number of carbonyl (C=O) groups is 3. The van der Waals surface area contributed by atoms with E-state index in [4.69, 9.17) is 45.8 Å². The summed E-state index contributed by atoms with van der Waals surface area (Å²) >= 11 is 6.64. The molecule has 21 heteroatoms. The van der Waals surface area contributed by atoms with Gasteiger partial charge in [-0.25, -0.2) is 0 Å². The van der Waals surface area contributed by atoms with E-state index in [1.54, 1.807) is 18.2 Å². The zero-order valence-electron chi connectivity index (χ0n) is 24.2. The molecule has 17 nitrogen and oxygen atoms in total. The SMILES string of the molecule is CC#N.CC(=O)[O-].CN(CCN(C)Cc1cc(Br)cc(C=O)c1[O-])Cc1cc(Br)cc(C=O)c1[O-].O=[N+]([O-])[O-].O=[N+]([O-])[O-].[Gd+3].[Zn+2]. The molecule has 0 heterocycles. The molecule has 0 atom stereocenters. The number of carboxylic acids is 1. The summed E-state index contributed by atoms with van der Waals surface area (Å²) < 4.78 is 1.39. The number of nitrogens with zero attached hydrogens (tertiary/aromatic N) is 5. The molecule has 45 heavy (non-hydrogen) atoms. The average Bonchev–Trinajstić information content (AvgIpc) is 2.86. The molecule has 1 radical (unpaired) electrons. The molecule has 0 amide bonds. The number of likely N-dealkylation sites (N-methyl/N-ethyl adjacent to an activating group) is 2. The number of aliphatic carboxylic acids is 1. The molecule has 0 bridgehead atoms. The van der Waals surface area contributed by atoms with Gasteiger partial charge in [0.15, 0.2) is 0 Å². The molecule has 0 saturated heterocycles. The number of halogens is 2. The fraction of sp³-hybridized carbons (Fsp3) is 0.333. The third kappa shape index (κ3) is 30.0.